The predicted molar refractivity (Wildman–Crippen MR) is 60.3 cm³/mol. The summed E-state index contributed by atoms with van der Waals surface area (Å²) >= 11 is 0. The molecule has 1 aromatic rings. The summed E-state index contributed by atoms with van der Waals surface area (Å²) in [4.78, 5) is 0. The van der Waals surface area contributed by atoms with Gasteiger partial charge in [0.15, 0.2) is 0 Å². The SMILES string of the molecule is O=S(=O)(CC1CCNC1)NCc1ccco1. The molecule has 1 atom stereocenters. The summed E-state index contributed by atoms with van der Waals surface area (Å²) < 4.78 is 31.0. The third-order valence-electron chi connectivity index (χ3n) is 2.66. The highest BCUT2D eigenvalue weighted by Crippen LogP contribution is 2.10. The van der Waals surface area contributed by atoms with Gasteiger partial charge in [0.05, 0.1) is 18.6 Å². The predicted octanol–water partition coefficient (Wildman–Crippen LogP) is 0.309. The highest BCUT2D eigenvalue weighted by Gasteiger charge is 2.22. The monoisotopic (exact) mass is 244 g/mol. The van der Waals surface area contributed by atoms with Crippen LogP contribution in [0.1, 0.15) is 12.2 Å². The van der Waals surface area contributed by atoms with Gasteiger partial charge >= 0.3 is 0 Å². The summed E-state index contributed by atoms with van der Waals surface area (Å²) in [5, 5.41) is 3.15. The van der Waals surface area contributed by atoms with Gasteiger partial charge in [-0.1, -0.05) is 0 Å². The lowest BCUT2D eigenvalue weighted by Crippen LogP contribution is -2.30. The molecule has 0 bridgehead atoms. The molecule has 0 radical (unpaired) electrons. The minimum absolute atomic E-state index is 0.195. The molecular formula is C10H16N2O3S. The van der Waals surface area contributed by atoms with Gasteiger partial charge in [-0.3, -0.25) is 0 Å². The second kappa shape index (κ2) is 4.99. The minimum Gasteiger partial charge on any atom is -0.468 e. The van der Waals surface area contributed by atoms with E-state index in [0.29, 0.717) is 5.76 Å². The van der Waals surface area contributed by atoms with E-state index < -0.39 is 10.0 Å². The van der Waals surface area contributed by atoms with E-state index >= 15 is 0 Å². The van der Waals surface area contributed by atoms with Gasteiger partial charge < -0.3 is 9.73 Å². The van der Waals surface area contributed by atoms with Gasteiger partial charge in [0.1, 0.15) is 5.76 Å². The molecule has 0 aliphatic carbocycles. The molecule has 1 aliphatic rings. The molecule has 16 heavy (non-hydrogen) atoms. The molecule has 1 aliphatic heterocycles. The molecule has 1 aromatic heterocycles. The lowest BCUT2D eigenvalue weighted by atomic mass is 10.2. The molecule has 2 heterocycles. The molecule has 5 nitrogen and oxygen atoms in total. The lowest BCUT2D eigenvalue weighted by molar-refractivity contribution is 0.496. The molecular weight excluding hydrogens is 228 g/mol. The molecule has 2 rings (SSSR count). The Balaban J connectivity index is 1.82. The highest BCUT2D eigenvalue weighted by molar-refractivity contribution is 7.89. The zero-order valence-corrected chi connectivity index (χ0v) is 9.79. The summed E-state index contributed by atoms with van der Waals surface area (Å²) in [7, 11) is -3.19. The zero-order chi connectivity index (χ0) is 11.4. The number of rotatable bonds is 5. The van der Waals surface area contributed by atoms with Crippen LogP contribution in [-0.2, 0) is 16.6 Å². The maximum absolute atomic E-state index is 11.7. The van der Waals surface area contributed by atoms with Crippen molar-refractivity contribution in [1.82, 2.24) is 10.0 Å². The Labute approximate surface area is 95.3 Å². The van der Waals surface area contributed by atoms with E-state index in [0.717, 1.165) is 19.5 Å². The van der Waals surface area contributed by atoms with Crippen molar-refractivity contribution in [2.45, 2.75) is 13.0 Å². The van der Waals surface area contributed by atoms with E-state index in [-0.39, 0.29) is 18.2 Å². The Hall–Kier alpha value is -0.850. The number of sulfonamides is 1. The number of hydrogen-bond donors (Lipinski definition) is 2. The van der Waals surface area contributed by atoms with E-state index in [1.54, 1.807) is 12.1 Å². The van der Waals surface area contributed by atoms with E-state index in [9.17, 15) is 8.42 Å². The van der Waals surface area contributed by atoms with Crippen molar-refractivity contribution in [3.8, 4) is 0 Å². The summed E-state index contributed by atoms with van der Waals surface area (Å²) in [6, 6.07) is 3.49. The van der Waals surface area contributed by atoms with Gasteiger partial charge in [-0.15, -0.1) is 0 Å². The molecule has 0 aromatic carbocycles. The first-order chi connectivity index (χ1) is 7.66. The highest BCUT2D eigenvalue weighted by atomic mass is 32.2. The van der Waals surface area contributed by atoms with Crippen molar-refractivity contribution >= 4 is 10.0 Å². The van der Waals surface area contributed by atoms with Gasteiger partial charge in [-0.25, -0.2) is 13.1 Å². The van der Waals surface area contributed by atoms with Gasteiger partial charge in [0.2, 0.25) is 10.0 Å². The zero-order valence-electron chi connectivity index (χ0n) is 8.98. The van der Waals surface area contributed by atoms with Crippen LogP contribution in [-0.4, -0.2) is 27.3 Å². The third-order valence-corrected chi connectivity index (χ3v) is 4.16. The molecule has 0 saturated carbocycles. The van der Waals surface area contributed by atoms with Crippen LogP contribution in [0.25, 0.3) is 0 Å². The van der Waals surface area contributed by atoms with Gasteiger partial charge in [0, 0.05) is 0 Å². The van der Waals surface area contributed by atoms with E-state index in [2.05, 4.69) is 10.0 Å². The second-order valence-electron chi connectivity index (χ2n) is 4.04. The Morgan fingerprint density at radius 1 is 1.56 bits per heavy atom. The quantitative estimate of drug-likeness (QED) is 0.782. The largest absolute Gasteiger partial charge is 0.468 e. The topological polar surface area (TPSA) is 71.3 Å². The van der Waals surface area contributed by atoms with Crippen molar-refractivity contribution in [3.05, 3.63) is 24.2 Å². The van der Waals surface area contributed by atoms with Crippen LogP contribution in [0.3, 0.4) is 0 Å². The average molecular weight is 244 g/mol. The van der Waals surface area contributed by atoms with Crippen molar-refractivity contribution in [2.24, 2.45) is 5.92 Å². The van der Waals surface area contributed by atoms with Crippen LogP contribution < -0.4 is 10.0 Å². The summed E-state index contributed by atoms with van der Waals surface area (Å²) in [6.45, 7) is 1.94. The van der Waals surface area contributed by atoms with Gasteiger partial charge in [0.25, 0.3) is 0 Å². The number of furan rings is 1. The van der Waals surface area contributed by atoms with Crippen molar-refractivity contribution < 1.29 is 12.8 Å². The maximum atomic E-state index is 11.7. The fourth-order valence-corrected chi connectivity index (χ4v) is 3.21. The van der Waals surface area contributed by atoms with E-state index in [4.69, 9.17) is 4.42 Å². The van der Waals surface area contributed by atoms with Crippen molar-refractivity contribution in [1.29, 1.82) is 0 Å². The van der Waals surface area contributed by atoms with Crippen LogP contribution in [0.2, 0.25) is 0 Å². The molecule has 1 fully saturated rings. The van der Waals surface area contributed by atoms with Crippen LogP contribution in [0.5, 0.6) is 0 Å². The molecule has 0 amide bonds. The van der Waals surface area contributed by atoms with E-state index in [1.165, 1.54) is 6.26 Å². The maximum Gasteiger partial charge on any atom is 0.212 e. The van der Waals surface area contributed by atoms with Crippen LogP contribution in [0, 0.1) is 5.92 Å². The number of hydrogen-bond acceptors (Lipinski definition) is 4. The van der Waals surface area contributed by atoms with Crippen LogP contribution in [0.4, 0.5) is 0 Å². The standard InChI is InChI=1S/C10H16N2O3S/c13-16(14,8-9-3-4-11-6-9)12-7-10-2-1-5-15-10/h1-2,5,9,11-12H,3-4,6-8H2. The summed E-state index contributed by atoms with van der Waals surface area (Å²) in [5.74, 6) is 1.06. The Kier molecular flexibility index (Phi) is 3.63. The smallest absolute Gasteiger partial charge is 0.212 e. The molecule has 90 valence electrons. The first-order valence-corrected chi connectivity index (χ1v) is 7.01. The first-order valence-electron chi connectivity index (χ1n) is 5.36. The first kappa shape index (κ1) is 11.6. The van der Waals surface area contributed by atoms with Gasteiger partial charge in [-0.2, -0.15) is 0 Å². The number of nitrogens with one attached hydrogen (secondary N) is 2. The fourth-order valence-electron chi connectivity index (χ4n) is 1.82. The second-order valence-corrected chi connectivity index (χ2v) is 5.89. The molecule has 2 N–H and O–H groups in total. The minimum atomic E-state index is -3.19. The molecule has 0 spiro atoms. The van der Waals surface area contributed by atoms with Crippen LogP contribution in [0.15, 0.2) is 22.8 Å². The average Bonchev–Trinajstić information content (AvgIpc) is 2.85. The molecule has 6 heteroatoms. The summed E-state index contributed by atoms with van der Waals surface area (Å²) in [5.41, 5.74) is 0. The summed E-state index contributed by atoms with van der Waals surface area (Å²) in [6.07, 6.45) is 2.46. The van der Waals surface area contributed by atoms with Crippen molar-refractivity contribution in [3.63, 3.8) is 0 Å². The molecule has 1 saturated heterocycles. The van der Waals surface area contributed by atoms with Gasteiger partial charge in [-0.05, 0) is 37.6 Å². The Morgan fingerprint density at radius 2 is 2.44 bits per heavy atom. The van der Waals surface area contributed by atoms with Crippen LogP contribution >= 0.6 is 0 Å². The molecule has 1 unspecified atom stereocenters. The lowest BCUT2D eigenvalue weighted by Gasteiger charge is -2.09. The van der Waals surface area contributed by atoms with Crippen molar-refractivity contribution in [2.75, 3.05) is 18.8 Å². The third kappa shape index (κ3) is 3.33. The Bertz CT molecular complexity index is 407. The fraction of sp³-hybridized carbons (Fsp3) is 0.600. The normalized spacial score (nSPS) is 21.4. The Morgan fingerprint density at radius 3 is 3.06 bits per heavy atom. The van der Waals surface area contributed by atoms with E-state index in [1.807, 2.05) is 0 Å².